The number of nitriles is 1. The van der Waals surface area contributed by atoms with Crippen molar-refractivity contribution in [3.05, 3.63) is 32.9 Å². The van der Waals surface area contributed by atoms with Crippen LogP contribution in [0.25, 0.3) is 0 Å². The average Bonchev–Trinajstić information content (AvgIpc) is 2.07. The minimum atomic E-state index is -0.913. The van der Waals surface area contributed by atoms with Crippen molar-refractivity contribution in [2.24, 2.45) is 0 Å². The molecule has 0 aliphatic heterocycles. The quantitative estimate of drug-likeness (QED) is 0.572. The molecule has 1 aromatic rings. The Labute approximate surface area is 82.1 Å². The molecule has 0 amide bonds. The lowest BCUT2D eigenvalue weighted by Crippen LogP contribution is -1.95. The predicted octanol–water partition coefficient (Wildman–Crippen LogP) is 2.64. The summed E-state index contributed by atoms with van der Waals surface area (Å²) in [5.41, 5.74) is 0.107. The van der Waals surface area contributed by atoms with E-state index in [0.717, 1.165) is 0 Å². The van der Waals surface area contributed by atoms with Crippen LogP contribution in [0.1, 0.15) is 5.56 Å². The maximum atomic E-state index is 12.9. The molecule has 0 aromatic heterocycles. The second-order valence-electron chi connectivity index (χ2n) is 2.17. The lowest BCUT2D eigenvalue weighted by molar-refractivity contribution is 0.496. The summed E-state index contributed by atoms with van der Waals surface area (Å²) in [6, 6.07) is 4.63. The van der Waals surface area contributed by atoms with Crippen LogP contribution in [-0.2, 0) is 6.42 Å². The largest absolute Gasteiger partial charge is 0.203 e. The van der Waals surface area contributed by atoms with Gasteiger partial charge in [0, 0.05) is 5.56 Å². The average molecular weight is 279 g/mol. The third kappa shape index (κ3) is 1.72. The van der Waals surface area contributed by atoms with E-state index in [4.69, 9.17) is 5.26 Å². The second kappa shape index (κ2) is 3.81. The Hall–Kier alpha value is -0.700. The Balaban J connectivity index is 3.19. The highest BCUT2D eigenvalue weighted by molar-refractivity contribution is 14.1. The normalized spacial score (nSPS) is 9.50. The van der Waals surface area contributed by atoms with Crippen molar-refractivity contribution < 1.29 is 8.78 Å². The number of benzene rings is 1. The van der Waals surface area contributed by atoms with Crippen molar-refractivity contribution in [1.82, 2.24) is 0 Å². The summed E-state index contributed by atoms with van der Waals surface area (Å²) in [5.74, 6) is -1.79. The zero-order valence-corrected chi connectivity index (χ0v) is 8.10. The molecule has 1 aromatic carbocycles. The zero-order valence-electron chi connectivity index (χ0n) is 5.94. The number of hydrogen-bond acceptors (Lipinski definition) is 1. The molecule has 0 atom stereocenters. The van der Waals surface area contributed by atoms with Gasteiger partial charge in [0.05, 0.1) is 16.1 Å². The third-order valence-corrected chi connectivity index (χ3v) is 2.22. The first kappa shape index (κ1) is 9.39. The number of rotatable bonds is 1. The van der Waals surface area contributed by atoms with Crippen LogP contribution in [0.4, 0.5) is 8.78 Å². The number of halogens is 3. The van der Waals surface area contributed by atoms with Crippen LogP contribution in [0, 0.1) is 26.5 Å². The van der Waals surface area contributed by atoms with Gasteiger partial charge in [0.15, 0.2) is 11.6 Å². The predicted molar refractivity (Wildman–Crippen MR) is 48.4 cm³/mol. The molecular weight excluding hydrogens is 275 g/mol. The summed E-state index contributed by atoms with van der Waals surface area (Å²) in [6.45, 7) is 0. The maximum Gasteiger partial charge on any atom is 0.172 e. The van der Waals surface area contributed by atoms with Crippen LogP contribution in [0.3, 0.4) is 0 Å². The van der Waals surface area contributed by atoms with E-state index >= 15 is 0 Å². The van der Waals surface area contributed by atoms with Crippen LogP contribution in [0.5, 0.6) is 0 Å². The van der Waals surface area contributed by atoms with Gasteiger partial charge in [0.25, 0.3) is 0 Å². The molecule has 0 bridgehead atoms. The van der Waals surface area contributed by atoms with Crippen molar-refractivity contribution >= 4 is 22.6 Å². The lowest BCUT2D eigenvalue weighted by atomic mass is 10.1. The maximum absolute atomic E-state index is 12.9. The molecule has 0 saturated carbocycles. The summed E-state index contributed by atoms with van der Waals surface area (Å²) in [6.07, 6.45) is -0.0975. The highest BCUT2D eigenvalue weighted by Gasteiger charge is 2.10. The fourth-order valence-electron chi connectivity index (χ4n) is 0.788. The van der Waals surface area contributed by atoms with Gasteiger partial charge in [-0.3, -0.25) is 0 Å². The van der Waals surface area contributed by atoms with E-state index in [1.165, 1.54) is 12.1 Å². The molecule has 0 saturated heterocycles. The Morgan fingerprint density at radius 1 is 1.33 bits per heavy atom. The van der Waals surface area contributed by atoms with Crippen molar-refractivity contribution in [3.8, 4) is 6.07 Å². The summed E-state index contributed by atoms with van der Waals surface area (Å²) in [7, 11) is 0. The van der Waals surface area contributed by atoms with E-state index in [2.05, 4.69) is 0 Å². The summed E-state index contributed by atoms with van der Waals surface area (Å²) < 4.78 is 26.0. The van der Waals surface area contributed by atoms with Crippen LogP contribution < -0.4 is 0 Å². The minimum absolute atomic E-state index is 0.0975. The van der Waals surface area contributed by atoms with E-state index in [1.807, 2.05) is 0 Å². The van der Waals surface area contributed by atoms with Crippen molar-refractivity contribution in [3.63, 3.8) is 0 Å². The fraction of sp³-hybridized carbons (Fsp3) is 0.125. The van der Waals surface area contributed by atoms with Gasteiger partial charge in [-0.05, 0) is 28.7 Å². The summed E-state index contributed by atoms with van der Waals surface area (Å²) in [5, 5.41) is 8.26. The van der Waals surface area contributed by atoms with E-state index in [9.17, 15) is 8.78 Å². The molecule has 0 heterocycles. The molecule has 0 aliphatic rings. The zero-order chi connectivity index (χ0) is 9.14. The number of nitrogens with zero attached hydrogens (tertiary/aromatic N) is 1. The molecule has 62 valence electrons. The van der Waals surface area contributed by atoms with E-state index in [-0.39, 0.29) is 15.6 Å². The van der Waals surface area contributed by atoms with Crippen LogP contribution in [0.15, 0.2) is 12.1 Å². The lowest BCUT2D eigenvalue weighted by Gasteiger charge is -2.00. The van der Waals surface area contributed by atoms with E-state index in [0.29, 0.717) is 0 Å². The summed E-state index contributed by atoms with van der Waals surface area (Å²) in [4.78, 5) is 0. The van der Waals surface area contributed by atoms with Gasteiger partial charge in [0.1, 0.15) is 0 Å². The topological polar surface area (TPSA) is 23.8 Å². The van der Waals surface area contributed by atoms with Gasteiger partial charge in [-0.1, -0.05) is 6.07 Å². The summed E-state index contributed by atoms with van der Waals surface area (Å²) >= 11 is 1.70. The van der Waals surface area contributed by atoms with Gasteiger partial charge < -0.3 is 0 Å². The minimum Gasteiger partial charge on any atom is -0.203 e. The molecule has 1 rings (SSSR count). The van der Waals surface area contributed by atoms with Crippen LogP contribution in [0.2, 0.25) is 0 Å². The Morgan fingerprint density at radius 2 is 2.00 bits per heavy atom. The number of hydrogen-bond donors (Lipinski definition) is 0. The fourth-order valence-corrected chi connectivity index (χ4v) is 1.20. The molecular formula is C8H4F2IN. The first-order chi connectivity index (χ1) is 5.66. The van der Waals surface area contributed by atoms with Gasteiger partial charge in [0.2, 0.25) is 0 Å². The molecule has 0 fully saturated rings. The molecule has 0 aliphatic carbocycles. The molecule has 0 radical (unpaired) electrons. The molecule has 4 heteroatoms. The first-order valence-corrected chi connectivity index (χ1v) is 4.24. The monoisotopic (exact) mass is 279 g/mol. The van der Waals surface area contributed by atoms with Crippen LogP contribution in [-0.4, -0.2) is 0 Å². The van der Waals surface area contributed by atoms with Crippen molar-refractivity contribution in [2.45, 2.75) is 6.42 Å². The van der Waals surface area contributed by atoms with Gasteiger partial charge in [-0.2, -0.15) is 5.26 Å². The molecule has 0 spiro atoms. The van der Waals surface area contributed by atoms with Crippen molar-refractivity contribution in [1.29, 1.82) is 5.26 Å². The third-order valence-electron chi connectivity index (χ3n) is 1.38. The highest BCUT2D eigenvalue weighted by atomic mass is 127. The second-order valence-corrected chi connectivity index (χ2v) is 3.33. The van der Waals surface area contributed by atoms with Gasteiger partial charge in [-0.25, -0.2) is 8.78 Å². The Kier molecular flexibility index (Phi) is 2.98. The van der Waals surface area contributed by atoms with E-state index in [1.54, 1.807) is 28.7 Å². The van der Waals surface area contributed by atoms with Gasteiger partial charge >= 0.3 is 0 Å². The molecule has 0 unspecified atom stereocenters. The van der Waals surface area contributed by atoms with Crippen molar-refractivity contribution in [2.75, 3.05) is 0 Å². The smallest absolute Gasteiger partial charge is 0.172 e. The SMILES string of the molecule is N#CCc1ccc(I)c(F)c1F. The first-order valence-electron chi connectivity index (χ1n) is 3.16. The van der Waals surface area contributed by atoms with Crippen LogP contribution >= 0.6 is 22.6 Å². The molecule has 1 nitrogen and oxygen atoms in total. The Morgan fingerprint density at radius 3 is 2.58 bits per heavy atom. The standard InChI is InChI=1S/C8H4F2IN/c9-7-5(3-4-12)1-2-6(11)8(7)10/h1-2H,3H2. The van der Waals surface area contributed by atoms with Gasteiger partial charge in [-0.15, -0.1) is 0 Å². The van der Waals surface area contributed by atoms with E-state index < -0.39 is 11.6 Å². The highest BCUT2D eigenvalue weighted by Crippen LogP contribution is 2.17. The molecule has 0 N–H and O–H groups in total. The molecule has 12 heavy (non-hydrogen) atoms. The Bertz CT molecular complexity index is 344.